The molecule has 0 aliphatic rings. The van der Waals surface area contributed by atoms with Crippen LogP contribution >= 0.6 is 38.9 Å². The molecular formula is C16H19BrClNS. The first-order valence-electron chi connectivity index (χ1n) is 6.78. The molecule has 1 N–H and O–H groups in total. The molecule has 1 aromatic heterocycles. The van der Waals surface area contributed by atoms with Crippen LogP contribution in [-0.2, 0) is 0 Å². The third-order valence-electron chi connectivity index (χ3n) is 3.41. The van der Waals surface area contributed by atoms with Crippen LogP contribution < -0.4 is 5.32 Å². The van der Waals surface area contributed by atoms with E-state index < -0.39 is 0 Å². The van der Waals surface area contributed by atoms with Crippen molar-refractivity contribution in [2.45, 2.75) is 33.2 Å². The molecule has 2 aromatic rings. The van der Waals surface area contributed by atoms with Crippen LogP contribution in [0.1, 0.15) is 41.0 Å². The van der Waals surface area contributed by atoms with Crippen LogP contribution in [0.25, 0.3) is 0 Å². The van der Waals surface area contributed by atoms with Crippen molar-refractivity contribution in [2.24, 2.45) is 0 Å². The molecule has 0 saturated carbocycles. The predicted molar refractivity (Wildman–Crippen MR) is 93.1 cm³/mol. The lowest BCUT2D eigenvalue weighted by atomic mass is 10.00. The summed E-state index contributed by atoms with van der Waals surface area (Å²) in [7, 11) is 0. The van der Waals surface area contributed by atoms with Gasteiger partial charge in [0, 0.05) is 9.35 Å². The van der Waals surface area contributed by atoms with Gasteiger partial charge < -0.3 is 5.32 Å². The molecule has 0 amide bonds. The zero-order valence-electron chi connectivity index (χ0n) is 12.0. The van der Waals surface area contributed by atoms with E-state index in [4.69, 9.17) is 11.6 Å². The third-order valence-corrected chi connectivity index (χ3v) is 5.95. The van der Waals surface area contributed by atoms with Gasteiger partial charge in [0.2, 0.25) is 0 Å². The summed E-state index contributed by atoms with van der Waals surface area (Å²) < 4.78 is 1.79. The zero-order valence-corrected chi connectivity index (χ0v) is 15.1. The van der Waals surface area contributed by atoms with Crippen LogP contribution in [-0.4, -0.2) is 6.54 Å². The molecule has 108 valence electrons. The molecule has 1 heterocycles. The molecule has 0 bridgehead atoms. The minimum atomic E-state index is 0.211. The van der Waals surface area contributed by atoms with E-state index in [0.29, 0.717) is 0 Å². The maximum Gasteiger partial charge on any atom is 0.107 e. The first-order chi connectivity index (χ1) is 9.52. The normalized spacial score (nSPS) is 12.7. The molecule has 1 aromatic carbocycles. The van der Waals surface area contributed by atoms with Crippen LogP contribution in [0, 0.1) is 13.8 Å². The lowest BCUT2D eigenvalue weighted by Gasteiger charge is -2.18. The summed E-state index contributed by atoms with van der Waals surface area (Å²) in [6.45, 7) is 7.48. The first kappa shape index (κ1) is 16.0. The molecule has 1 nitrogen and oxygen atoms in total. The average molecular weight is 373 g/mol. The Labute approximate surface area is 138 Å². The Morgan fingerprint density at radius 3 is 2.55 bits per heavy atom. The Morgan fingerprint density at radius 1 is 1.25 bits per heavy atom. The van der Waals surface area contributed by atoms with Crippen molar-refractivity contribution < 1.29 is 0 Å². The van der Waals surface area contributed by atoms with Gasteiger partial charge in [0.1, 0.15) is 4.34 Å². The highest BCUT2D eigenvalue weighted by Gasteiger charge is 2.17. The van der Waals surface area contributed by atoms with E-state index in [9.17, 15) is 0 Å². The number of rotatable bonds is 5. The minimum absolute atomic E-state index is 0.211. The summed E-state index contributed by atoms with van der Waals surface area (Å²) in [5.74, 6) is 0. The van der Waals surface area contributed by atoms with Crippen LogP contribution in [0.2, 0.25) is 4.34 Å². The summed E-state index contributed by atoms with van der Waals surface area (Å²) in [6.07, 6.45) is 1.11. The number of hydrogen-bond donors (Lipinski definition) is 1. The van der Waals surface area contributed by atoms with Gasteiger partial charge >= 0.3 is 0 Å². The summed E-state index contributed by atoms with van der Waals surface area (Å²) in [4.78, 5) is 1.25. The number of halogens is 2. The van der Waals surface area contributed by atoms with E-state index in [-0.39, 0.29) is 6.04 Å². The molecule has 0 spiro atoms. The van der Waals surface area contributed by atoms with E-state index in [1.807, 2.05) is 0 Å². The Kier molecular flexibility index (Phi) is 5.67. The Hall–Kier alpha value is -0.350. The maximum atomic E-state index is 6.20. The third kappa shape index (κ3) is 3.64. The minimum Gasteiger partial charge on any atom is -0.306 e. The Bertz CT molecular complexity index is 575. The van der Waals surface area contributed by atoms with Crippen molar-refractivity contribution in [3.05, 3.63) is 54.6 Å². The fraction of sp³-hybridized carbons (Fsp3) is 0.375. The lowest BCUT2D eigenvalue weighted by molar-refractivity contribution is 0.605. The second-order valence-corrected chi connectivity index (χ2v) is 7.54. The van der Waals surface area contributed by atoms with Crippen LogP contribution in [0.15, 0.2) is 28.7 Å². The Morgan fingerprint density at radius 2 is 2.00 bits per heavy atom. The SMILES string of the molecule is CCCNC(c1ccc(C)c(C)c1)c1cc(Br)c(Cl)s1. The van der Waals surface area contributed by atoms with E-state index >= 15 is 0 Å². The highest BCUT2D eigenvalue weighted by Crippen LogP contribution is 2.37. The topological polar surface area (TPSA) is 12.0 Å². The molecular weight excluding hydrogens is 354 g/mol. The molecule has 2 rings (SSSR count). The summed E-state index contributed by atoms with van der Waals surface area (Å²) in [5.41, 5.74) is 3.95. The second kappa shape index (κ2) is 7.08. The van der Waals surface area contributed by atoms with Gasteiger partial charge in [0.05, 0.1) is 6.04 Å². The van der Waals surface area contributed by atoms with Crippen LogP contribution in [0.3, 0.4) is 0 Å². The van der Waals surface area contributed by atoms with Crippen LogP contribution in [0.5, 0.6) is 0 Å². The molecule has 0 fully saturated rings. The van der Waals surface area contributed by atoms with Crippen molar-refractivity contribution in [2.75, 3.05) is 6.54 Å². The smallest absolute Gasteiger partial charge is 0.107 e. The monoisotopic (exact) mass is 371 g/mol. The largest absolute Gasteiger partial charge is 0.306 e. The highest BCUT2D eigenvalue weighted by atomic mass is 79.9. The summed E-state index contributed by atoms with van der Waals surface area (Å²) in [6, 6.07) is 9.00. The molecule has 0 radical (unpaired) electrons. The van der Waals surface area contributed by atoms with E-state index in [0.717, 1.165) is 21.8 Å². The number of thiophene rings is 1. The predicted octanol–water partition coefficient (Wildman–Crippen LogP) is 5.87. The lowest BCUT2D eigenvalue weighted by Crippen LogP contribution is -2.22. The van der Waals surface area contributed by atoms with E-state index in [1.165, 1.54) is 21.6 Å². The van der Waals surface area contributed by atoms with E-state index in [1.54, 1.807) is 11.3 Å². The molecule has 20 heavy (non-hydrogen) atoms. The molecule has 1 atom stereocenters. The van der Waals surface area contributed by atoms with Gasteiger partial charge in [-0.1, -0.05) is 36.7 Å². The van der Waals surface area contributed by atoms with Crippen molar-refractivity contribution in [3.8, 4) is 0 Å². The number of benzene rings is 1. The van der Waals surface area contributed by atoms with E-state index in [2.05, 4.69) is 66.3 Å². The van der Waals surface area contributed by atoms with Gasteiger partial charge in [-0.2, -0.15) is 0 Å². The van der Waals surface area contributed by atoms with Crippen molar-refractivity contribution in [3.63, 3.8) is 0 Å². The van der Waals surface area contributed by atoms with Gasteiger partial charge in [-0.25, -0.2) is 0 Å². The maximum absolute atomic E-state index is 6.20. The first-order valence-corrected chi connectivity index (χ1v) is 8.77. The molecule has 4 heteroatoms. The van der Waals surface area contributed by atoms with Gasteiger partial charge in [0.15, 0.2) is 0 Å². The van der Waals surface area contributed by atoms with Crippen molar-refractivity contribution in [1.29, 1.82) is 0 Å². The summed E-state index contributed by atoms with van der Waals surface area (Å²) >= 11 is 11.3. The molecule has 0 aliphatic carbocycles. The van der Waals surface area contributed by atoms with Crippen LogP contribution in [0.4, 0.5) is 0 Å². The molecule has 0 aliphatic heterocycles. The van der Waals surface area contributed by atoms with Crippen molar-refractivity contribution >= 4 is 38.9 Å². The van der Waals surface area contributed by atoms with Crippen molar-refractivity contribution in [1.82, 2.24) is 5.32 Å². The number of aryl methyl sites for hydroxylation is 2. The second-order valence-electron chi connectivity index (χ2n) is 5.00. The van der Waals surface area contributed by atoms with Gasteiger partial charge in [0.25, 0.3) is 0 Å². The fourth-order valence-corrected chi connectivity index (χ4v) is 3.96. The van der Waals surface area contributed by atoms with Gasteiger partial charge in [-0.3, -0.25) is 0 Å². The fourth-order valence-electron chi connectivity index (χ4n) is 2.12. The zero-order chi connectivity index (χ0) is 14.7. The standard InChI is InChI=1S/C16H19BrClNS/c1-4-7-19-15(14-9-13(17)16(18)20-14)12-6-5-10(2)11(3)8-12/h5-6,8-9,15,19H,4,7H2,1-3H3. The van der Waals surface area contributed by atoms with Gasteiger partial charge in [-0.15, -0.1) is 11.3 Å². The average Bonchev–Trinajstić information content (AvgIpc) is 2.74. The quantitative estimate of drug-likeness (QED) is 0.692. The number of hydrogen-bond acceptors (Lipinski definition) is 2. The highest BCUT2D eigenvalue weighted by molar-refractivity contribution is 9.10. The number of nitrogens with one attached hydrogen (secondary N) is 1. The Balaban J connectivity index is 2.38. The van der Waals surface area contributed by atoms with Gasteiger partial charge in [-0.05, 0) is 65.5 Å². The molecule has 0 saturated heterocycles. The summed E-state index contributed by atoms with van der Waals surface area (Å²) in [5, 5.41) is 3.62. The molecule has 1 unspecified atom stereocenters.